The Kier molecular flexibility index (Phi) is 4.09. The average molecular weight is 209 g/mol. The van der Waals surface area contributed by atoms with Gasteiger partial charge in [-0.25, -0.2) is 0 Å². The molecule has 1 aromatic heterocycles. The molecule has 1 aromatic rings. The van der Waals surface area contributed by atoms with Crippen LogP contribution in [0.3, 0.4) is 0 Å². The van der Waals surface area contributed by atoms with Crippen LogP contribution < -0.4 is 5.56 Å². The molecule has 15 heavy (non-hydrogen) atoms. The van der Waals surface area contributed by atoms with E-state index in [1.165, 1.54) is 0 Å². The fraction of sp³-hybridized carbons (Fsp3) is 0.583. The first-order chi connectivity index (χ1) is 7.10. The highest BCUT2D eigenvalue weighted by Gasteiger charge is 2.07. The lowest BCUT2D eigenvalue weighted by molar-refractivity contribution is 0.177. The maximum atomic E-state index is 11.8. The lowest BCUT2D eigenvalue weighted by atomic mass is 10.0. The number of nitrogens with zero attached hydrogens (tertiary/aromatic N) is 1. The molecule has 0 amide bonds. The van der Waals surface area contributed by atoms with Crippen molar-refractivity contribution in [2.45, 2.75) is 39.8 Å². The smallest absolute Gasteiger partial charge is 0.251 e. The van der Waals surface area contributed by atoms with E-state index in [1.807, 2.05) is 6.92 Å². The molecular weight excluding hydrogens is 190 g/mol. The molecular formula is C12H19NO2. The number of methoxy groups -OCH3 is 1. The maximum Gasteiger partial charge on any atom is 0.251 e. The van der Waals surface area contributed by atoms with Crippen LogP contribution in [0.4, 0.5) is 0 Å². The number of ether oxygens (including phenoxy) is 1. The molecule has 1 heterocycles. The first kappa shape index (κ1) is 12.0. The van der Waals surface area contributed by atoms with E-state index >= 15 is 0 Å². The molecule has 0 bridgehead atoms. The number of aromatic nitrogens is 1. The second-order valence-electron chi connectivity index (χ2n) is 3.95. The van der Waals surface area contributed by atoms with Crippen LogP contribution in [0.2, 0.25) is 0 Å². The third-order valence-electron chi connectivity index (χ3n) is 2.51. The number of pyridine rings is 1. The molecule has 0 saturated carbocycles. The molecule has 0 aromatic carbocycles. The first-order valence-electron chi connectivity index (χ1n) is 5.32. The molecule has 0 N–H and O–H groups in total. The Bertz CT molecular complexity index is 380. The van der Waals surface area contributed by atoms with Crippen molar-refractivity contribution in [2.24, 2.45) is 0 Å². The molecule has 0 saturated heterocycles. The quantitative estimate of drug-likeness (QED) is 0.760. The molecule has 0 aliphatic carbocycles. The Morgan fingerprint density at radius 3 is 2.53 bits per heavy atom. The van der Waals surface area contributed by atoms with Crippen LogP contribution in [0.15, 0.2) is 16.9 Å². The van der Waals surface area contributed by atoms with Crippen molar-refractivity contribution in [2.75, 3.05) is 7.11 Å². The van der Waals surface area contributed by atoms with Crippen molar-refractivity contribution in [3.8, 4) is 0 Å². The summed E-state index contributed by atoms with van der Waals surface area (Å²) in [5.41, 5.74) is 2.10. The molecule has 0 unspecified atom stereocenters. The van der Waals surface area contributed by atoms with Crippen molar-refractivity contribution in [1.29, 1.82) is 0 Å². The van der Waals surface area contributed by atoms with E-state index in [0.29, 0.717) is 19.1 Å². The summed E-state index contributed by atoms with van der Waals surface area (Å²) in [6.45, 7) is 7.32. The minimum absolute atomic E-state index is 0.0655. The summed E-state index contributed by atoms with van der Waals surface area (Å²) in [4.78, 5) is 11.8. The summed E-state index contributed by atoms with van der Waals surface area (Å²) in [6, 6.07) is 3.77. The van der Waals surface area contributed by atoms with Crippen LogP contribution in [-0.4, -0.2) is 11.7 Å². The molecule has 0 radical (unpaired) electrons. The molecule has 0 spiro atoms. The van der Waals surface area contributed by atoms with Gasteiger partial charge >= 0.3 is 0 Å². The SMILES string of the molecule is CCn1c(COC)cc(C(C)C)cc1=O. The standard InChI is InChI=1S/C12H19NO2/c1-5-13-11(8-15-4)6-10(9(2)3)7-12(13)14/h6-7,9H,5,8H2,1-4H3. The molecule has 3 nitrogen and oxygen atoms in total. The van der Waals surface area contributed by atoms with Gasteiger partial charge in [0.15, 0.2) is 0 Å². The Labute approximate surface area is 90.7 Å². The molecule has 1 rings (SSSR count). The highest BCUT2D eigenvalue weighted by molar-refractivity contribution is 5.20. The van der Waals surface area contributed by atoms with Gasteiger partial charge < -0.3 is 9.30 Å². The van der Waals surface area contributed by atoms with E-state index in [4.69, 9.17) is 4.74 Å². The van der Waals surface area contributed by atoms with Gasteiger partial charge in [0.2, 0.25) is 0 Å². The van der Waals surface area contributed by atoms with E-state index in [2.05, 4.69) is 19.9 Å². The summed E-state index contributed by atoms with van der Waals surface area (Å²) < 4.78 is 6.85. The van der Waals surface area contributed by atoms with E-state index < -0.39 is 0 Å². The number of rotatable bonds is 4. The predicted molar refractivity (Wildman–Crippen MR) is 61.2 cm³/mol. The Hall–Kier alpha value is -1.09. The second-order valence-corrected chi connectivity index (χ2v) is 3.95. The van der Waals surface area contributed by atoms with Crippen molar-refractivity contribution < 1.29 is 4.74 Å². The van der Waals surface area contributed by atoms with Gasteiger partial charge in [0.1, 0.15) is 0 Å². The lowest BCUT2D eigenvalue weighted by Crippen LogP contribution is -2.23. The Morgan fingerprint density at radius 2 is 2.07 bits per heavy atom. The molecule has 0 aliphatic rings. The highest BCUT2D eigenvalue weighted by atomic mass is 16.5. The fourth-order valence-corrected chi connectivity index (χ4v) is 1.63. The largest absolute Gasteiger partial charge is 0.378 e. The molecule has 0 aliphatic heterocycles. The maximum absolute atomic E-state index is 11.8. The summed E-state index contributed by atoms with van der Waals surface area (Å²) in [5.74, 6) is 0.375. The van der Waals surface area contributed by atoms with Gasteiger partial charge in [-0.15, -0.1) is 0 Å². The van der Waals surface area contributed by atoms with E-state index in [1.54, 1.807) is 17.7 Å². The predicted octanol–water partition coefficient (Wildman–Crippen LogP) is 2.14. The summed E-state index contributed by atoms with van der Waals surface area (Å²) in [7, 11) is 1.65. The molecule has 84 valence electrons. The number of hydrogen-bond donors (Lipinski definition) is 0. The van der Waals surface area contributed by atoms with Gasteiger partial charge in [-0.3, -0.25) is 4.79 Å². The number of hydrogen-bond acceptors (Lipinski definition) is 2. The molecule has 3 heteroatoms. The van der Waals surface area contributed by atoms with Gasteiger partial charge in [0.05, 0.1) is 6.61 Å². The zero-order chi connectivity index (χ0) is 11.4. The second kappa shape index (κ2) is 5.12. The van der Waals surface area contributed by atoms with Crippen LogP contribution in [-0.2, 0) is 17.9 Å². The van der Waals surface area contributed by atoms with Crippen LogP contribution in [0.1, 0.15) is 37.9 Å². The summed E-state index contributed by atoms with van der Waals surface area (Å²) >= 11 is 0. The van der Waals surface area contributed by atoms with Crippen LogP contribution in [0.25, 0.3) is 0 Å². The van der Waals surface area contributed by atoms with E-state index in [0.717, 1.165) is 11.3 Å². The van der Waals surface area contributed by atoms with Crippen LogP contribution in [0.5, 0.6) is 0 Å². The first-order valence-corrected chi connectivity index (χ1v) is 5.32. The molecule has 0 fully saturated rings. The van der Waals surface area contributed by atoms with Gasteiger partial charge in [-0.2, -0.15) is 0 Å². The zero-order valence-electron chi connectivity index (χ0n) is 9.91. The fourth-order valence-electron chi connectivity index (χ4n) is 1.63. The van der Waals surface area contributed by atoms with Crippen molar-refractivity contribution in [3.05, 3.63) is 33.7 Å². The van der Waals surface area contributed by atoms with Gasteiger partial charge in [0, 0.05) is 25.4 Å². The summed E-state index contributed by atoms with van der Waals surface area (Å²) in [5, 5.41) is 0. The molecule has 0 atom stereocenters. The zero-order valence-corrected chi connectivity index (χ0v) is 9.91. The van der Waals surface area contributed by atoms with Gasteiger partial charge in [0.25, 0.3) is 5.56 Å². The van der Waals surface area contributed by atoms with E-state index in [9.17, 15) is 4.79 Å². The Balaban J connectivity index is 3.25. The van der Waals surface area contributed by atoms with Crippen LogP contribution in [0, 0.1) is 0 Å². The lowest BCUT2D eigenvalue weighted by Gasteiger charge is -2.13. The third kappa shape index (κ3) is 2.69. The minimum Gasteiger partial charge on any atom is -0.378 e. The van der Waals surface area contributed by atoms with E-state index in [-0.39, 0.29) is 5.56 Å². The van der Waals surface area contributed by atoms with Gasteiger partial charge in [-0.05, 0) is 24.5 Å². The summed E-state index contributed by atoms with van der Waals surface area (Å²) in [6.07, 6.45) is 0. The highest BCUT2D eigenvalue weighted by Crippen LogP contribution is 2.14. The monoisotopic (exact) mass is 209 g/mol. The van der Waals surface area contributed by atoms with Gasteiger partial charge in [-0.1, -0.05) is 13.8 Å². The average Bonchev–Trinajstić information content (AvgIpc) is 2.17. The normalized spacial score (nSPS) is 11.0. The van der Waals surface area contributed by atoms with Crippen molar-refractivity contribution >= 4 is 0 Å². The third-order valence-corrected chi connectivity index (χ3v) is 2.51. The van der Waals surface area contributed by atoms with Crippen molar-refractivity contribution in [1.82, 2.24) is 4.57 Å². The minimum atomic E-state index is 0.0655. The topological polar surface area (TPSA) is 31.2 Å². The van der Waals surface area contributed by atoms with Crippen molar-refractivity contribution in [3.63, 3.8) is 0 Å². The van der Waals surface area contributed by atoms with Crippen LogP contribution >= 0.6 is 0 Å². The Morgan fingerprint density at radius 1 is 1.40 bits per heavy atom.